The van der Waals surface area contributed by atoms with Crippen LogP contribution in [0.25, 0.3) is 0 Å². The van der Waals surface area contributed by atoms with Crippen molar-refractivity contribution in [2.24, 2.45) is 4.36 Å². The first kappa shape index (κ1) is 9.29. The van der Waals surface area contributed by atoms with Crippen LogP contribution in [0.1, 0.15) is 15.9 Å². The van der Waals surface area contributed by atoms with Gasteiger partial charge in [-0.2, -0.15) is 4.21 Å². The first-order valence-electron chi connectivity index (χ1n) is 3.24. The lowest BCUT2D eigenvalue weighted by Gasteiger charge is -1.92. The van der Waals surface area contributed by atoms with Gasteiger partial charge in [-0.25, -0.2) is 0 Å². The number of aromatic nitrogens is 1. The minimum Gasteiger partial charge on any atom is -0.266 e. The predicted molar refractivity (Wildman–Crippen MR) is 47.1 cm³/mol. The maximum absolute atomic E-state index is 11.0. The van der Waals surface area contributed by atoms with Crippen molar-refractivity contribution in [3.63, 3.8) is 0 Å². The number of hydrogen-bond acceptors (Lipinski definition) is 3. The number of pyridine rings is 1. The molecule has 4 nitrogen and oxygen atoms in total. The summed E-state index contributed by atoms with van der Waals surface area (Å²) in [6, 6.07) is 1.45. The van der Waals surface area contributed by atoms with Crippen molar-refractivity contribution in [3.05, 3.63) is 29.6 Å². The molecule has 0 radical (unpaired) electrons. The van der Waals surface area contributed by atoms with Gasteiger partial charge >= 0.3 is 0 Å². The molecule has 0 aliphatic carbocycles. The third-order valence-corrected chi connectivity index (χ3v) is 1.51. The first-order valence-corrected chi connectivity index (χ1v) is 3.94. The van der Waals surface area contributed by atoms with E-state index in [4.69, 9.17) is 6.42 Å². The average Bonchev–Trinajstić information content (AvgIpc) is 2.18. The minimum atomic E-state index is -0.621. The lowest BCUT2D eigenvalue weighted by Crippen LogP contribution is -1.95. The van der Waals surface area contributed by atoms with Gasteiger partial charge in [0, 0.05) is 18.0 Å². The minimum absolute atomic E-state index is 0.136. The van der Waals surface area contributed by atoms with Crippen LogP contribution in [0.4, 0.5) is 0 Å². The molecule has 0 unspecified atom stereocenters. The molecule has 0 aromatic carbocycles. The zero-order valence-corrected chi connectivity index (χ0v) is 7.25. The van der Waals surface area contributed by atoms with Gasteiger partial charge in [-0.05, 0) is 6.07 Å². The van der Waals surface area contributed by atoms with Crippen molar-refractivity contribution in [2.45, 2.75) is 0 Å². The molecule has 1 rings (SSSR count). The highest BCUT2D eigenvalue weighted by atomic mass is 32.1. The Kier molecular flexibility index (Phi) is 3.06. The summed E-state index contributed by atoms with van der Waals surface area (Å²) in [5.74, 6) is 1.70. The summed E-state index contributed by atoms with van der Waals surface area (Å²) in [7, 11) is 0. The fourth-order valence-electron chi connectivity index (χ4n) is 0.722. The second kappa shape index (κ2) is 4.28. The molecule has 0 saturated carbocycles. The molecule has 13 heavy (non-hydrogen) atoms. The predicted octanol–water partition coefficient (Wildman–Crippen LogP) is 0.600. The van der Waals surface area contributed by atoms with Crippen molar-refractivity contribution in [3.8, 4) is 12.3 Å². The Hall–Kier alpha value is -1.80. The number of rotatable bonds is 1. The second-order valence-electron chi connectivity index (χ2n) is 2.08. The van der Waals surface area contributed by atoms with E-state index in [-0.39, 0.29) is 17.0 Å². The topological polar surface area (TPSA) is 59.4 Å². The van der Waals surface area contributed by atoms with Crippen LogP contribution in [0.5, 0.6) is 0 Å². The monoisotopic (exact) mass is 192 g/mol. The van der Waals surface area contributed by atoms with E-state index in [1.165, 1.54) is 18.5 Å². The van der Waals surface area contributed by atoms with Crippen molar-refractivity contribution in [1.82, 2.24) is 4.98 Å². The molecule has 1 aromatic rings. The number of hydrogen-bond donors (Lipinski definition) is 0. The van der Waals surface area contributed by atoms with Crippen LogP contribution in [-0.4, -0.2) is 15.1 Å². The van der Waals surface area contributed by atoms with E-state index in [0.717, 1.165) is 0 Å². The maximum atomic E-state index is 11.0. The van der Waals surface area contributed by atoms with E-state index >= 15 is 0 Å². The van der Waals surface area contributed by atoms with Crippen LogP contribution in [-0.2, 0) is 11.5 Å². The zero-order valence-electron chi connectivity index (χ0n) is 6.43. The molecule has 1 heterocycles. The summed E-state index contributed by atoms with van der Waals surface area (Å²) >= 11 is -0.136. The number of carbonyl (C=O) groups is 1. The molecular weight excluding hydrogens is 188 g/mol. The number of amides is 1. The molecule has 0 spiro atoms. The largest absolute Gasteiger partial charge is 0.291 e. The van der Waals surface area contributed by atoms with Gasteiger partial charge in [0.2, 0.25) is 11.5 Å². The van der Waals surface area contributed by atoms with Gasteiger partial charge in [-0.3, -0.25) is 9.78 Å². The standard InChI is InChI=1S/C8H4N2O2S/c1-2-6-3-7(5-9-4-6)8(11)10-13-12/h1,3-5H. The summed E-state index contributed by atoms with van der Waals surface area (Å²) < 4.78 is 13.0. The van der Waals surface area contributed by atoms with Crippen molar-refractivity contribution < 1.29 is 9.00 Å². The van der Waals surface area contributed by atoms with E-state index in [1.807, 2.05) is 0 Å². The lowest BCUT2D eigenvalue weighted by atomic mass is 10.2. The molecule has 1 amide bonds. The highest BCUT2D eigenvalue weighted by Gasteiger charge is 2.03. The molecule has 0 bridgehead atoms. The number of nitrogens with zero attached hydrogens (tertiary/aromatic N) is 2. The van der Waals surface area contributed by atoms with E-state index in [2.05, 4.69) is 15.3 Å². The average molecular weight is 192 g/mol. The van der Waals surface area contributed by atoms with Gasteiger partial charge in [0.05, 0.1) is 5.56 Å². The van der Waals surface area contributed by atoms with E-state index < -0.39 is 5.91 Å². The SMILES string of the molecule is C#Cc1cncc(C(=O)N=S=O)c1. The fourth-order valence-corrected chi connectivity index (χ4v) is 0.895. The molecule has 0 fully saturated rings. The Morgan fingerprint density at radius 2 is 2.38 bits per heavy atom. The van der Waals surface area contributed by atoms with E-state index in [9.17, 15) is 9.00 Å². The molecule has 1 aromatic heterocycles. The Morgan fingerprint density at radius 1 is 1.62 bits per heavy atom. The Balaban J connectivity index is 3.10. The van der Waals surface area contributed by atoms with E-state index in [0.29, 0.717) is 5.56 Å². The molecule has 0 saturated heterocycles. The number of terminal acetylenes is 1. The first-order chi connectivity index (χ1) is 6.27. The van der Waals surface area contributed by atoms with Gasteiger partial charge in [-0.1, -0.05) is 5.92 Å². The highest BCUT2D eigenvalue weighted by Crippen LogP contribution is 2.02. The quantitative estimate of drug-likeness (QED) is 0.612. The molecule has 0 aliphatic heterocycles. The smallest absolute Gasteiger partial charge is 0.266 e. The second-order valence-corrected chi connectivity index (χ2v) is 2.41. The Labute approximate surface area is 78.2 Å². The fraction of sp³-hybridized carbons (Fsp3) is 0. The van der Waals surface area contributed by atoms with Crippen molar-refractivity contribution in [2.75, 3.05) is 0 Å². The third-order valence-electron chi connectivity index (χ3n) is 1.27. The third kappa shape index (κ3) is 2.32. The molecule has 64 valence electrons. The molecule has 0 atom stereocenters. The summed E-state index contributed by atoms with van der Waals surface area (Å²) in [6.45, 7) is 0. The summed E-state index contributed by atoms with van der Waals surface area (Å²) in [5, 5.41) is 0. The summed E-state index contributed by atoms with van der Waals surface area (Å²) in [6.07, 6.45) is 7.85. The molecule has 0 N–H and O–H groups in total. The van der Waals surface area contributed by atoms with Crippen LogP contribution >= 0.6 is 0 Å². The summed E-state index contributed by atoms with van der Waals surface area (Å²) in [5.41, 5.74) is 0.704. The molecule has 0 aliphatic rings. The Bertz CT molecular complexity index is 430. The maximum Gasteiger partial charge on any atom is 0.291 e. The van der Waals surface area contributed by atoms with Gasteiger partial charge in [0.1, 0.15) is 0 Å². The van der Waals surface area contributed by atoms with Gasteiger partial charge in [0.25, 0.3) is 5.91 Å². The van der Waals surface area contributed by atoms with Gasteiger partial charge < -0.3 is 0 Å². The van der Waals surface area contributed by atoms with Crippen LogP contribution in [0.3, 0.4) is 0 Å². The van der Waals surface area contributed by atoms with Crippen molar-refractivity contribution >= 4 is 17.4 Å². The van der Waals surface area contributed by atoms with Gasteiger partial charge in [0.15, 0.2) is 0 Å². The zero-order chi connectivity index (χ0) is 9.68. The van der Waals surface area contributed by atoms with Crippen molar-refractivity contribution in [1.29, 1.82) is 0 Å². The summed E-state index contributed by atoms with van der Waals surface area (Å²) in [4.78, 5) is 14.7. The van der Waals surface area contributed by atoms with Crippen LogP contribution in [0.15, 0.2) is 22.8 Å². The Morgan fingerprint density at radius 3 is 3.00 bits per heavy atom. The highest BCUT2D eigenvalue weighted by molar-refractivity contribution is 7.55. The van der Waals surface area contributed by atoms with Crippen LogP contribution in [0, 0.1) is 12.3 Å². The normalized spacial score (nSPS) is 8.54. The van der Waals surface area contributed by atoms with Crippen LogP contribution < -0.4 is 0 Å². The van der Waals surface area contributed by atoms with Gasteiger partial charge in [-0.15, -0.1) is 10.8 Å². The molecular formula is C8H4N2O2S. The molecule has 5 heteroatoms. The number of carbonyl (C=O) groups excluding carboxylic acids is 1. The van der Waals surface area contributed by atoms with Crippen LogP contribution in [0.2, 0.25) is 0 Å². The van der Waals surface area contributed by atoms with E-state index in [1.54, 1.807) is 0 Å². The lowest BCUT2D eigenvalue weighted by molar-refractivity contribution is 0.100.